The van der Waals surface area contributed by atoms with E-state index in [0.717, 1.165) is 30.8 Å². The van der Waals surface area contributed by atoms with Gasteiger partial charge >= 0.3 is 0 Å². The maximum Gasteiger partial charge on any atom is 0.263 e. The fraction of sp³-hybridized carbons (Fsp3) is 0.238. The van der Waals surface area contributed by atoms with Crippen LogP contribution >= 0.6 is 11.3 Å². The van der Waals surface area contributed by atoms with Crippen molar-refractivity contribution in [2.24, 2.45) is 0 Å². The van der Waals surface area contributed by atoms with Crippen molar-refractivity contribution in [3.8, 4) is 0 Å². The second-order valence-corrected chi connectivity index (χ2v) is 7.42. The van der Waals surface area contributed by atoms with Crippen molar-refractivity contribution in [2.75, 3.05) is 11.4 Å². The summed E-state index contributed by atoms with van der Waals surface area (Å²) in [6.45, 7) is 4.38. The largest absolute Gasteiger partial charge is 0.367 e. The Morgan fingerprint density at radius 2 is 1.92 bits per heavy atom. The van der Waals surface area contributed by atoms with E-state index in [4.69, 9.17) is 0 Å². The zero-order chi connectivity index (χ0) is 17.9. The summed E-state index contributed by atoms with van der Waals surface area (Å²) >= 11 is 1.38. The maximum absolute atomic E-state index is 12.2. The Morgan fingerprint density at radius 3 is 2.69 bits per heavy atom. The first-order chi connectivity index (χ1) is 12.7. The summed E-state index contributed by atoms with van der Waals surface area (Å²) in [4.78, 5) is 19.4. The van der Waals surface area contributed by atoms with Gasteiger partial charge in [-0.1, -0.05) is 42.5 Å². The summed E-state index contributed by atoms with van der Waals surface area (Å²) in [6, 6.07) is 17.1. The number of fused-ring (bicyclic) bond motifs is 1. The molecule has 0 unspecified atom stereocenters. The topological polar surface area (TPSA) is 45.2 Å². The van der Waals surface area contributed by atoms with Gasteiger partial charge < -0.3 is 10.2 Å². The molecule has 5 heteroatoms. The van der Waals surface area contributed by atoms with E-state index in [1.165, 1.54) is 28.2 Å². The number of para-hydroxylation sites is 1. The molecule has 0 bridgehead atoms. The summed E-state index contributed by atoms with van der Waals surface area (Å²) in [5.74, 6) is -0.0530. The Hall–Kier alpha value is -2.66. The number of carbonyl (C=O) groups is 1. The molecule has 132 valence electrons. The summed E-state index contributed by atoms with van der Waals surface area (Å²) < 4.78 is 0. The number of aryl methyl sites for hydroxylation is 1. The summed E-state index contributed by atoms with van der Waals surface area (Å²) in [6.07, 6.45) is 1.12. The average Bonchev–Trinajstić information content (AvgIpc) is 3.27. The van der Waals surface area contributed by atoms with Crippen LogP contribution in [-0.2, 0) is 19.5 Å². The van der Waals surface area contributed by atoms with Gasteiger partial charge in [0.15, 0.2) is 0 Å². The minimum Gasteiger partial charge on any atom is -0.367 e. The number of aromatic nitrogens is 1. The van der Waals surface area contributed by atoms with Crippen LogP contribution in [-0.4, -0.2) is 17.4 Å². The number of anilines is 1. The number of hydrogen-bond donors (Lipinski definition) is 1. The number of nitrogens with one attached hydrogen (secondary N) is 1. The molecule has 1 aliphatic rings. The molecule has 1 aliphatic heterocycles. The van der Waals surface area contributed by atoms with Gasteiger partial charge in [-0.3, -0.25) is 4.79 Å². The number of carbonyl (C=O) groups excluding carboxylic acids is 1. The lowest BCUT2D eigenvalue weighted by Crippen LogP contribution is -2.22. The lowest BCUT2D eigenvalue weighted by atomic mass is 10.1. The minimum atomic E-state index is -0.0530. The number of rotatable bonds is 5. The van der Waals surface area contributed by atoms with Crippen LogP contribution in [0, 0.1) is 6.92 Å². The van der Waals surface area contributed by atoms with Gasteiger partial charge in [0.1, 0.15) is 4.88 Å². The van der Waals surface area contributed by atoms with Gasteiger partial charge in [0.2, 0.25) is 0 Å². The van der Waals surface area contributed by atoms with Crippen LogP contribution in [0.1, 0.15) is 32.1 Å². The molecule has 0 saturated heterocycles. The predicted molar refractivity (Wildman–Crippen MR) is 106 cm³/mol. The number of amides is 1. The molecule has 0 saturated carbocycles. The lowest BCUT2D eigenvalue weighted by molar-refractivity contribution is 0.0954. The quantitative estimate of drug-likeness (QED) is 0.747. The van der Waals surface area contributed by atoms with Crippen LogP contribution < -0.4 is 10.2 Å². The fourth-order valence-electron chi connectivity index (χ4n) is 3.34. The zero-order valence-electron chi connectivity index (χ0n) is 14.7. The van der Waals surface area contributed by atoms with Crippen molar-refractivity contribution in [2.45, 2.75) is 26.4 Å². The SMILES string of the molecule is Cc1ncsc1C(=O)NCc1ccc(CN2CCc3ccccc32)cc1. The number of benzene rings is 2. The van der Waals surface area contributed by atoms with Gasteiger partial charge in [-0.05, 0) is 36.1 Å². The number of nitrogens with zero attached hydrogens (tertiary/aromatic N) is 2. The number of hydrogen-bond acceptors (Lipinski definition) is 4. The van der Waals surface area contributed by atoms with Crippen LogP contribution in [0.25, 0.3) is 0 Å². The minimum absolute atomic E-state index is 0.0530. The van der Waals surface area contributed by atoms with Crippen molar-refractivity contribution in [1.82, 2.24) is 10.3 Å². The molecule has 0 atom stereocenters. The van der Waals surface area contributed by atoms with Crippen molar-refractivity contribution in [1.29, 1.82) is 0 Å². The van der Waals surface area contributed by atoms with Crippen molar-refractivity contribution in [3.63, 3.8) is 0 Å². The summed E-state index contributed by atoms with van der Waals surface area (Å²) in [7, 11) is 0. The smallest absolute Gasteiger partial charge is 0.263 e. The zero-order valence-corrected chi connectivity index (χ0v) is 15.6. The molecule has 4 rings (SSSR count). The molecule has 2 heterocycles. The van der Waals surface area contributed by atoms with Crippen molar-refractivity contribution in [3.05, 3.63) is 81.3 Å². The third-order valence-electron chi connectivity index (χ3n) is 4.78. The standard InChI is InChI=1S/C21H21N3OS/c1-15-20(26-14-23-15)21(25)22-12-16-6-8-17(9-7-16)13-24-11-10-18-4-2-3-5-19(18)24/h2-9,14H,10-13H2,1H3,(H,22,25). The van der Waals surface area contributed by atoms with Gasteiger partial charge in [0.05, 0.1) is 11.2 Å². The molecule has 1 aromatic heterocycles. The highest BCUT2D eigenvalue weighted by molar-refractivity contribution is 7.11. The first-order valence-corrected chi connectivity index (χ1v) is 9.67. The molecule has 0 aliphatic carbocycles. The highest BCUT2D eigenvalue weighted by Gasteiger charge is 2.18. The van der Waals surface area contributed by atoms with E-state index in [1.807, 2.05) is 6.92 Å². The van der Waals surface area contributed by atoms with E-state index < -0.39 is 0 Å². The monoisotopic (exact) mass is 363 g/mol. The van der Waals surface area contributed by atoms with E-state index in [1.54, 1.807) is 5.51 Å². The van der Waals surface area contributed by atoms with Crippen LogP contribution in [0.15, 0.2) is 54.0 Å². The summed E-state index contributed by atoms with van der Waals surface area (Å²) in [5.41, 5.74) is 7.67. The molecule has 1 amide bonds. The van der Waals surface area contributed by atoms with Gasteiger partial charge in [-0.2, -0.15) is 0 Å². The molecular formula is C21H21N3OS. The second kappa shape index (κ2) is 7.30. The van der Waals surface area contributed by atoms with Crippen LogP contribution in [0.3, 0.4) is 0 Å². The summed E-state index contributed by atoms with van der Waals surface area (Å²) in [5, 5.41) is 2.97. The predicted octanol–water partition coefficient (Wildman–Crippen LogP) is 3.94. The first-order valence-electron chi connectivity index (χ1n) is 8.79. The Morgan fingerprint density at radius 1 is 1.15 bits per heavy atom. The van der Waals surface area contributed by atoms with E-state index in [-0.39, 0.29) is 5.91 Å². The normalized spacial score (nSPS) is 12.9. The first kappa shape index (κ1) is 16.8. The molecule has 4 nitrogen and oxygen atoms in total. The lowest BCUT2D eigenvalue weighted by Gasteiger charge is -2.19. The molecule has 0 spiro atoms. The molecular weight excluding hydrogens is 342 g/mol. The highest BCUT2D eigenvalue weighted by Crippen LogP contribution is 2.28. The van der Waals surface area contributed by atoms with Gasteiger partial charge in [-0.25, -0.2) is 4.98 Å². The van der Waals surface area contributed by atoms with E-state index in [0.29, 0.717) is 11.4 Å². The highest BCUT2D eigenvalue weighted by atomic mass is 32.1. The van der Waals surface area contributed by atoms with Gasteiger partial charge in [0, 0.05) is 25.3 Å². The second-order valence-electron chi connectivity index (χ2n) is 6.57. The van der Waals surface area contributed by atoms with Crippen LogP contribution in [0.4, 0.5) is 5.69 Å². The van der Waals surface area contributed by atoms with Crippen LogP contribution in [0.2, 0.25) is 0 Å². The van der Waals surface area contributed by atoms with E-state index in [9.17, 15) is 4.79 Å². The van der Waals surface area contributed by atoms with E-state index >= 15 is 0 Å². The Bertz CT molecular complexity index is 917. The van der Waals surface area contributed by atoms with Crippen LogP contribution in [0.5, 0.6) is 0 Å². The molecule has 0 radical (unpaired) electrons. The molecule has 2 aromatic carbocycles. The molecule has 0 fully saturated rings. The third kappa shape index (κ3) is 3.48. The maximum atomic E-state index is 12.2. The molecule has 3 aromatic rings. The van der Waals surface area contributed by atoms with Crippen molar-refractivity contribution >= 4 is 22.9 Å². The van der Waals surface area contributed by atoms with Gasteiger partial charge in [-0.15, -0.1) is 11.3 Å². The Balaban J connectivity index is 1.36. The van der Waals surface area contributed by atoms with Gasteiger partial charge in [0.25, 0.3) is 5.91 Å². The Kier molecular flexibility index (Phi) is 4.71. The fourth-order valence-corrected chi connectivity index (χ4v) is 4.05. The average molecular weight is 363 g/mol. The molecule has 26 heavy (non-hydrogen) atoms. The Labute approximate surface area is 157 Å². The third-order valence-corrected chi connectivity index (χ3v) is 5.71. The van der Waals surface area contributed by atoms with Crippen molar-refractivity contribution < 1.29 is 4.79 Å². The number of thiazole rings is 1. The molecule has 1 N–H and O–H groups in total. The van der Waals surface area contributed by atoms with E-state index in [2.05, 4.69) is 63.7 Å².